The van der Waals surface area contributed by atoms with Gasteiger partial charge in [-0.15, -0.1) is 0 Å². The number of benzene rings is 2. The molecule has 4 rings (SSSR count). The van der Waals surface area contributed by atoms with E-state index in [4.69, 9.17) is 19.0 Å². The van der Waals surface area contributed by atoms with E-state index in [1.165, 1.54) is 18.4 Å². The first-order valence-electron chi connectivity index (χ1n) is 8.62. The number of aromatic hydroxyl groups is 1. The van der Waals surface area contributed by atoms with E-state index >= 15 is 0 Å². The van der Waals surface area contributed by atoms with Crippen LogP contribution in [0.5, 0.6) is 11.5 Å². The Balaban J connectivity index is 1.69. The van der Waals surface area contributed by atoms with Gasteiger partial charge in [0.05, 0.1) is 12.2 Å². The summed E-state index contributed by atoms with van der Waals surface area (Å²) in [5, 5.41) is 39.2. The standard InChI is InChI=1S/C20H18O8/c21-8-15-18(24)19(25)20(28-15)27-11-6-13(22)16-14(7-11)26-9-12(17(16)23)10-4-2-1-3-5-10/h1-7,9,15,18-22,24-25H,8H2/t15-,18-,19+,20+/m1/s1. The zero-order valence-corrected chi connectivity index (χ0v) is 14.6. The third-order valence-electron chi connectivity index (χ3n) is 4.67. The fraction of sp³-hybridized carbons (Fsp3) is 0.250. The second-order valence-electron chi connectivity index (χ2n) is 6.48. The number of rotatable bonds is 4. The minimum Gasteiger partial charge on any atom is -0.507 e. The summed E-state index contributed by atoms with van der Waals surface area (Å²) in [6, 6.07) is 11.5. The van der Waals surface area contributed by atoms with E-state index < -0.39 is 36.6 Å². The molecular weight excluding hydrogens is 368 g/mol. The molecule has 1 saturated heterocycles. The highest BCUT2D eigenvalue weighted by atomic mass is 16.7. The van der Waals surface area contributed by atoms with Crippen molar-refractivity contribution in [2.24, 2.45) is 0 Å². The smallest absolute Gasteiger partial charge is 0.229 e. The average molecular weight is 386 g/mol. The van der Waals surface area contributed by atoms with Crippen molar-refractivity contribution in [1.82, 2.24) is 0 Å². The van der Waals surface area contributed by atoms with Crippen LogP contribution in [0.4, 0.5) is 0 Å². The van der Waals surface area contributed by atoms with Crippen LogP contribution >= 0.6 is 0 Å². The Morgan fingerprint density at radius 3 is 2.50 bits per heavy atom. The van der Waals surface area contributed by atoms with Crippen LogP contribution in [-0.2, 0) is 4.74 Å². The van der Waals surface area contributed by atoms with Crippen LogP contribution < -0.4 is 10.2 Å². The fourth-order valence-corrected chi connectivity index (χ4v) is 3.19. The molecule has 4 atom stereocenters. The first-order valence-corrected chi connectivity index (χ1v) is 8.62. The Kier molecular flexibility index (Phi) is 4.78. The van der Waals surface area contributed by atoms with Gasteiger partial charge in [-0.1, -0.05) is 30.3 Å². The minimum absolute atomic E-state index is 0.00476. The molecule has 0 spiro atoms. The molecule has 0 saturated carbocycles. The molecule has 0 unspecified atom stereocenters. The number of aliphatic hydroxyl groups excluding tert-OH is 3. The predicted octanol–water partition coefficient (Wildman–Crippen LogP) is 0.983. The molecule has 1 aromatic heterocycles. The normalized spacial score (nSPS) is 24.5. The first kappa shape index (κ1) is 18.5. The largest absolute Gasteiger partial charge is 0.507 e. The van der Waals surface area contributed by atoms with Gasteiger partial charge < -0.3 is 34.3 Å². The third-order valence-corrected chi connectivity index (χ3v) is 4.67. The van der Waals surface area contributed by atoms with E-state index in [1.807, 2.05) is 6.07 Å². The summed E-state index contributed by atoms with van der Waals surface area (Å²) < 4.78 is 16.2. The number of ether oxygens (including phenoxy) is 2. The lowest BCUT2D eigenvalue weighted by molar-refractivity contribution is -0.116. The van der Waals surface area contributed by atoms with Gasteiger partial charge in [0.25, 0.3) is 0 Å². The zero-order chi connectivity index (χ0) is 19.8. The van der Waals surface area contributed by atoms with Crippen molar-refractivity contribution in [3.8, 4) is 22.6 Å². The van der Waals surface area contributed by atoms with Gasteiger partial charge in [-0.25, -0.2) is 0 Å². The molecule has 0 radical (unpaired) electrons. The number of hydrogen-bond donors (Lipinski definition) is 4. The summed E-state index contributed by atoms with van der Waals surface area (Å²) in [5.41, 5.74) is 0.653. The molecule has 0 bridgehead atoms. The molecule has 1 aliphatic rings. The van der Waals surface area contributed by atoms with Gasteiger partial charge in [-0.05, 0) is 5.56 Å². The van der Waals surface area contributed by atoms with E-state index in [0.29, 0.717) is 11.1 Å². The van der Waals surface area contributed by atoms with Gasteiger partial charge in [0.1, 0.15) is 47.0 Å². The maximum atomic E-state index is 12.8. The highest BCUT2D eigenvalue weighted by Gasteiger charge is 2.44. The lowest BCUT2D eigenvalue weighted by Crippen LogP contribution is -2.35. The van der Waals surface area contributed by atoms with E-state index in [9.17, 15) is 20.1 Å². The highest BCUT2D eigenvalue weighted by Crippen LogP contribution is 2.32. The molecule has 3 aromatic rings. The van der Waals surface area contributed by atoms with Crippen LogP contribution in [0, 0.1) is 0 Å². The molecule has 8 heteroatoms. The summed E-state index contributed by atoms with van der Waals surface area (Å²) in [6.07, 6.45) is -3.63. The van der Waals surface area contributed by atoms with Gasteiger partial charge >= 0.3 is 0 Å². The number of phenols is 1. The van der Waals surface area contributed by atoms with Crippen molar-refractivity contribution in [2.75, 3.05) is 6.61 Å². The average Bonchev–Trinajstić information content (AvgIpc) is 2.96. The Labute approximate surface area is 158 Å². The van der Waals surface area contributed by atoms with Crippen LogP contribution in [-0.4, -0.2) is 51.6 Å². The molecule has 8 nitrogen and oxygen atoms in total. The molecule has 2 aromatic carbocycles. The Hall–Kier alpha value is -2.91. The van der Waals surface area contributed by atoms with Crippen molar-refractivity contribution < 1.29 is 34.3 Å². The number of hydrogen-bond acceptors (Lipinski definition) is 8. The molecule has 1 fully saturated rings. The number of fused-ring (bicyclic) bond motifs is 1. The SMILES string of the molecule is O=c1c(-c2ccccc2)coc2cc(O[C@H]3O[C@H](CO)[C@@H](O)[C@@H]3O)cc(O)c12. The summed E-state index contributed by atoms with van der Waals surface area (Å²) >= 11 is 0. The topological polar surface area (TPSA) is 130 Å². The molecule has 0 aliphatic carbocycles. The van der Waals surface area contributed by atoms with Crippen molar-refractivity contribution in [1.29, 1.82) is 0 Å². The summed E-state index contributed by atoms with van der Waals surface area (Å²) in [6.45, 7) is -0.488. The lowest BCUT2D eigenvalue weighted by Gasteiger charge is -2.17. The first-order chi connectivity index (χ1) is 13.5. The summed E-state index contributed by atoms with van der Waals surface area (Å²) in [5.74, 6) is -0.291. The van der Waals surface area contributed by atoms with Crippen LogP contribution in [0.2, 0.25) is 0 Å². The molecule has 2 heterocycles. The zero-order valence-electron chi connectivity index (χ0n) is 14.6. The van der Waals surface area contributed by atoms with E-state index in [1.54, 1.807) is 24.3 Å². The second kappa shape index (κ2) is 7.25. The van der Waals surface area contributed by atoms with Crippen LogP contribution in [0.25, 0.3) is 22.1 Å². The second-order valence-corrected chi connectivity index (χ2v) is 6.48. The van der Waals surface area contributed by atoms with Crippen molar-refractivity contribution in [2.45, 2.75) is 24.6 Å². The van der Waals surface area contributed by atoms with E-state index in [-0.39, 0.29) is 22.5 Å². The van der Waals surface area contributed by atoms with E-state index in [2.05, 4.69) is 0 Å². The fourth-order valence-electron chi connectivity index (χ4n) is 3.19. The van der Waals surface area contributed by atoms with Crippen molar-refractivity contribution >= 4 is 11.0 Å². The van der Waals surface area contributed by atoms with E-state index in [0.717, 1.165) is 0 Å². The van der Waals surface area contributed by atoms with Gasteiger partial charge in [0, 0.05) is 12.1 Å². The summed E-state index contributed by atoms with van der Waals surface area (Å²) in [4.78, 5) is 12.8. The monoisotopic (exact) mass is 386 g/mol. The Bertz CT molecular complexity index is 1050. The van der Waals surface area contributed by atoms with Gasteiger partial charge in [0.2, 0.25) is 11.7 Å². The van der Waals surface area contributed by atoms with Gasteiger partial charge in [-0.2, -0.15) is 0 Å². The highest BCUT2D eigenvalue weighted by molar-refractivity contribution is 5.88. The molecule has 1 aliphatic heterocycles. The lowest BCUT2D eigenvalue weighted by atomic mass is 10.1. The number of aliphatic hydroxyl groups is 3. The van der Waals surface area contributed by atoms with Crippen LogP contribution in [0.3, 0.4) is 0 Å². The third kappa shape index (κ3) is 3.12. The molecule has 0 amide bonds. The predicted molar refractivity (Wildman–Crippen MR) is 98.0 cm³/mol. The van der Waals surface area contributed by atoms with Gasteiger partial charge in [-0.3, -0.25) is 4.79 Å². The molecule has 146 valence electrons. The van der Waals surface area contributed by atoms with Crippen LogP contribution in [0.1, 0.15) is 0 Å². The Morgan fingerprint density at radius 2 is 1.82 bits per heavy atom. The molecule has 28 heavy (non-hydrogen) atoms. The van der Waals surface area contributed by atoms with Crippen LogP contribution in [0.15, 0.2) is 57.9 Å². The van der Waals surface area contributed by atoms with Gasteiger partial charge in [0.15, 0.2) is 0 Å². The quantitative estimate of drug-likeness (QED) is 0.522. The van der Waals surface area contributed by atoms with Crippen molar-refractivity contribution in [3.05, 3.63) is 59.0 Å². The minimum atomic E-state index is -1.39. The Morgan fingerprint density at radius 1 is 1.07 bits per heavy atom. The maximum absolute atomic E-state index is 12.8. The van der Waals surface area contributed by atoms with Crippen molar-refractivity contribution in [3.63, 3.8) is 0 Å². The number of phenolic OH excluding ortho intramolecular Hbond substituents is 1. The molecular formula is C20H18O8. The summed E-state index contributed by atoms with van der Waals surface area (Å²) in [7, 11) is 0. The molecule has 4 N–H and O–H groups in total. The maximum Gasteiger partial charge on any atom is 0.229 e.